The lowest BCUT2D eigenvalue weighted by Gasteiger charge is -2.15. The quantitative estimate of drug-likeness (QED) is 0.885. The van der Waals surface area contributed by atoms with Crippen LogP contribution in [0, 0.1) is 24.7 Å². The third-order valence-corrected chi connectivity index (χ3v) is 4.03. The van der Waals surface area contributed by atoms with Crippen LogP contribution in [0.3, 0.4) is 0 Å². The van der Waals surface area contributed by atoms with Crippen LogP contribution >= 0.6 is 0 Å². The molecule has 2 N–H and O–H groups in total. The Labute approximate surface area is 118 Å². The number of carbonyl (C=O) groups excluding carboxylic acids is 1. The van der Waals surface area contributed by atoms with Crippen LogP contribution in [0.25, 0.3) is 0 Å². The van der Waals surface area contributed by atoms with E-state index in [4.69, 9.17) is 0 Å². The number of pyridine rings is 1. The number of hydrogen-bond donors (Lipinski definition) is 2. The Bertz CT molecular complexity index is 516. The molecule has 1 heterocycles. The van der Waals surface area contributed by atoms with E-state index in [-0.39, 0.29) is 5.91 Å². The first-order valence-corrected chi connectivity index (χ1v) is 6.98. The highest BCUT2D eigenvalue weighted by Crippen LogP contribution is 2.38. The summed E-state index contributed by atoms with van der Waals surface area (Å²) in [5, 5.41) is 12.0. The van der Waals surface area contributed by atoms with Crippen molar-refractivity contribution in [2.24, 2.45) is 17.8 Å². The molecule has 1 aliphatic rings. The van der Waals surface area contributed by atoms with E-state index in [1.165, 1.54) is 0 Å². The second kappa shape index (κ2) is 6.03. The second-order valence-corrected chi connectivity index (χ2v) is 5.45. The highest BCUT2D eigenvalue weighted by atomic mass is 16.4. The monoisotopic (exact) mass is 276 g/mol. The van der Waals surface area contributed by atoms with E-state index >= 15 is 0 Å². The van der Waals surface area contributed by atoms with Gasteiger partial charge in [0.15, 0.2) is 0 Å². The number of carbonyl (C=O) groups is 2. The summed E-state index contributed by atoms with van der Waals surface area (Å²) < 4.78 is 0. The van der Waals surface area contributed by atoms with Crippen molar-refractivity contribution in [2.45, 2.75) is 33.1 Å². The van der Waals surface area contributed by atoms with Crippen LogP contribution in [0.5, 0.6) is 0 Å². The minimum atomic E-state index is -0.877. The summed E-state index contributed by atoms with van der Waals surface area (Å²) >= 11 is 0. The fourth-order valence-corrected chi connectivity index (χ4v) is 2.87. The third kappa shape index (κ3) is 3.15. The first-order valence-electron chi connectivity index (χ1n) is 6.98. The molecule has 20 heavy (non-hydrogen) atoms. The summed E-state index contributed by atoms with van der Waals surface area (Å²) in [4.78, 5) is 27.8. The number of amides is 1. The predicted octanol–water partition coefficient (Wildman–Crippen LogP) is 2.47. The number of anilines is 1. The zero-order valence-electron chi connectivity index (χ0n) is 11.8. The molecule has 3 atom stereocenters. The van der Waals surface area contributed by atoms with Crippen LogP contribution in [0.4, 0.5) is 5.82 Å². The van der Waals surface area contributed by atoms with Crippen molar-refractivity contribution in [1.29, 1.82) is 0 Å². The molecule has 1 aliphatic carbocycles. The van der Waals surface area contributed by atoms with Gasteiger partial charge in [0.05, 0.1) is 11.8 Å². The molecular formula is C15H20N2O3. The minimum absolute atomic E-state index is 0.230. The molecule has 2 rings (SSSR count). The average Bonchev–Trinajstić information content (AvgIpc) is 2.83. The van der Waals surface area contributed by atoms with Crippen LogP contribution in [0.15, 0.2) is 18.2 Å². The molecule has 108 valence electrons. The van der Waals surface area contributed by atoms with E-state index in [1.54, 1.807) is 6.07 Å². The molecular weight excluding hydrogens is 256 g/mol. The molecule has 5 nitrogen and oxygen atoms in total. The molecule has 0 spiro atoms. The Morgan fingerprint density at radius 1 is 1.35 bits per heavy atom. The third-order valence-electron chi connectivity index (χ3n) is 4.03. The molecule has 1 amide bonds. The summed E-state index contributed by atoms with van der Waals surface area (Å²) in [7, 11) is 0. The first kappa shape index (κ1) is 14.5. The molecule has 1 unspecified atom stereocenters. The van der Waals surface area contributed by atoms with Crippen molar-refractivity contribution in [1.82, 2.24) is 4.98 Å². The Hall–Kier alpha value is -1.91. The van der Waals surface area contributed by atoms with Gasteiger partial charge in [0.1, 0.15) is 5.82 Å². The Kier molecular flexibility index (Phi) is 4.37. The smallest absolute Gasteiger partial charge is 0.307 e. The molecule has 5 heteroatoms. The largest absolute Gasteiger partial charge is 0.481 e. The van der Waals surface area contributed by atoms with Crippen LogP contribution in [-0.4, -0.2) is 22.0 Å². The van der Waals surface area contributed by atoms with Gasteiger partial charge in [0.25, 0.3) is 0 Å². The van der Waals surface area contributed by atoms with Gasteiger partial charge in [-0.3, -0.25) is 9.59 Å². The van der Waals surface area contributed by atoms with Crippen LogP contribution in [0.1, 0.15) is 31.9 Å². The highest BCUT2D eigenvalue weighted by molar-refractivity contribution is 5.94. The number of rotatable bonds is 4. The number of carboxylic acid groups (broad SMARTS) is 1. The van der Waals surface area contributed by atoms with Gasteiger partial charge in [-0.05, 0) is 37.8 Å². The van der Waals surface area contributed by atoms with Crippen LogP contribution < -0.4 is 5.32 Å². The minimum Gasteiger partial charge on any atom is -0.481 e. The van der Waals surface area contributed by atoms with E-state index < -0.39 is 17.8 Å². The van der Waals surface area contributed by atoms with E-state index in [1.807, 2.05) is 26.0 Å². The summed E-state index contributed by atoms with van der Waals surface area (Å²) in [5.41, 5.74) is 0.815. The van der Waals surface area contributed by atoms with E-state index in [0.29, 0.717) is 24.6 Å². The Morgan fingerprint density at radius 2 is 2.05 bits per heavy atom. The number of nitrogens with one attached hydrogen (secondary N) is 1. The summed E-state index contributed by atoms with van der Waals surface area (Å²) in [6.45, 7) is 3.88. The van der Waals surface area contributed by atoms with Crippen molar-refractivity contribution in [2.75, 3.05) is 5.32 Å². The fourth-order valence-electron chi connectivity index (χ4n) is 2.87. The lowest BCUT2D eigenvalue weighted by atomic mass is 9.95. The zero-order valence-corrected chi connectivity index (χ0v) is 11.8. The van der Waals surface area contributed by atoms with Gasteiger partial charge in [-0.1, -0.05) is 19.4 Å². The zero-order chi connectivity index (χ0) is 14.7. The Balaban J connectivity index is 2.09. The maximum atomic E-state index is 12.3. The van der Waals surface area contributed by atoms with Crippen LogP contribution in [0.2, 0.25) is 0 Å². The van der Waals surface area contributed by atoms with E-state index in [9.17, 15) is 14.7 Å². The molecule has 1 aromatic rings. The second-order valence-electron chi connectivity index (χ2n) is 5.45. The lowest BCUT2D eigenvalue weighted by molar-refractivity contribution is -0.145. The summed E-state index contributed by atoms with van der Waals surface area (Å²) in [6.07, 6.45) is 2.15. The lowest BCUT2D eigenvalue weighted by Crippen LogP contribution is -2.30. The van der Waals surface area contributed by atoms with E-state index in [2.05, 4.69) is 10.3 Å². The SMILES string of the molecule is CCC1C[C@H](C(=O)Nc2cccc(C)n2)[C@H](C(=O)O)C1. The van der Waals surface area contributed by atoms with Crippen molar-refractivity contribution >= 4 is 17.7 Å². The fraction of sp³-hybridized carbons (Fsp3) is 0.533. The van der Waals surface area contributed by atoms with Crippen molar-refractivity contribution in [3.63, 3.8) is 0 Å². The molecule has 0 aliphatic heterocycles. The molecule has 1 fully saturated rings. The van der Waals surface area contributed by atoms with Crippen molar-refractivity contribution < 1.29 is 14.7 Å². The van der Waals surface area contributed by atoms with Gasteiger partial charge in [-0.15, -0.1) is 0 Å². The standard InChI is InChI=1S/C15H20N2O3/c1-3-10-7-11(12(8-10)15(19)20)14(18)17-13-6-4-5-9(2)16-13/h4-6,10-12H,3,7-8H2,1-2H3,(H,19,20)(H,16,17,18)/t10?,11-,12+/m0/s1. The number of carboxylic acids is 1. The number of aryl methyl sites for hydroxylation is 1. The van der Waals surface area contributed by atoms with Gasteiger partial charge >= 0.3 is 5.97 Å². The molecule has 0 radical (unpaired) electrons. The van der Waals surface area contributed by atoms with Crippen molar-refractivity contribution in [3.8, 4) is 0 Å². The van der Waals surface area contributed by atoms with Crippen LogP contribution in [-0.2, 0) is 9.59 Å². The summed E-state index contributed by atoms with van der Waals surface area (Å²) in [5.74, 6) is -1.34. The molecule has 0 saturated heterocycles. The molecule has 0 aromatic carbocycles. The molecule has 1 saturated carbocycles. The molecule has 1 aromatic heterocycles. The number of nitrogens with zero attached hydrogens (tertiary/aromatic N) is 1. The first-order chi connectivity index (χ1) is 9.51. The number of aliphatic carboxylic acids is 1. The number of aromatic nitrogens is 1. The highest BCUT2D eigenvalue weighted by Gasteiger charge is 2.42. The average molecular weight is 276 g/mol. The van der Waals surface area contributed by atoms with Gasteiger partial charge < -0.3 is 10.4 Å². The summed E-state index contributed by atoms with van der Waals surface area (Å²) in [6, 6.07) is 5.38. The molecule has 0 bridgehead atoms. The van der Waals surface area contributed by atoms with Crippen molar-refractivity contribution in [3.05, 3.63) is 23.9 Å². The Morgan fingerprint density at radius 3 is 2.65 bits per heavy atom. The van der Waals surface area contributed by atoms with E-state index in [0.717, 1.165) is 12.1 Å². The van der Waals surface area contributed by atoms with Gasteiger partial charge in [-0.2, -0.15) is 0 Å². The van der Waals surface area contributed by atoms with Gasteiger partial charge in [0, 0.05) is 5.69 Å². The number of hydrogen-bond acceptors (Lipinski definition) is 3. The maximum Gasteiger partial charge on any atom is 0.307 e. The van der Waals surface area contributed by atoms with Gasteiger partial charge in [0.2, 0.25) is 5.91 Å². The normalized spacial score (nSPS) is 25.4. The van der Waals surface area contributed by atoms with Gasteiger partial charge in [-0.25, -0.2) is 4.98 Å². The topological polar surface area (TPSA) is 79.3 Å². The predicted molar refractivity (Wildman–Crippen MR) is 75.2 cm³/mol. The maximum absolute atomic E-state index is 12.3.